The Balaban J connectivity index is 1.96. The maximum atomic E-state index is 12.2. The average Bonchev–Trinajstić information content (AvgIpc) is 2.59. The van der Waals surface area contributed by atoms with Gasteiger partial charge >= 0.3 is 0 Å². The van der Waals surface area contributed by atoms with Gasteiger partial charge in [0.25, 0.3) is 5.91 Å². The van der Waals surface area contributed by atoms with Crippen molar-refractivity contribution in [1.82, 2.24) is 0 Å². The van der Waals surface area contributed by atoms with Crippen LogP contribution in [-0.4, -0.2) is 25.3 Å². The van der Waals surface area contributed by atoms with Crippen molar-refractivity contribution in [3.63, 3.8) is 0 Å². The standard InChI is InChI=1S/C19H21BrN2O3/c1-12(14-8-9-18(25-3)16(20)10-14)21-11-19(24)22-17-7-5-4-6-15(17)13(2)23/h4-10,12,21H,11H2,1-3H3,(H,22,24)/p+1/t12-/m1/s1. The molecular formula is C19H22BrN2O3+. The summed E-state index contributed by atoms with van der Waals surface area (Å²) >= 11 is 3.47. The van der Waals surface area contributed by atoms with Crippen LogP contribution < -0.4 is 15.4 Å². The van der Waals surface area contributed by atoms with Gasteiger partial charge in [-0.2, -0.15) is 0 Å². The molecule has 0 bridgehead atoms. The highest BCUT2D eigenvalue weighted by Gasteiger charge is 2.15. The molecule has 2 rings (SSSR count). The van der Waals surface area contributed by atoms with E-state index >= 15 is 0 Å². The fraction of sp³-hybridized carbons (Fsp3) is 0.263. The third-order valence-corrected chi connectivity index (χ3v) is 4.56. The number of para-hydroxylation sites is 1. The van der Waals surface area contributed by atoms with E-state index in [0.717, 1.165) is 15.8 Å². The Morgan fingerprint density at radius 3 is 2.60 bits per heavy atom. The third-order valence-electron chi connectivity index (χ3n) is 3.94. The SMILES string of the molecule is COc1ccc([C@@H](C)[NH2+]CC(=O)Nc2ccccc2C(C)=O)cc1Br. The third kappa shape index (κ3) is 5.14. The molecule has 0 fully saturated rings. The summed E-state index contributed by atoms with van der Waals surface area (Å²) in [5, 5.41) is 4.75. The Labute approximate surface area is 155 Å². The number of amides is 1. The molecule has 0 aromatic heterocycles. The Morgan fingerprint density at radius 1 is 1.24 bits per heavy atom. The second-order valence-corrected chi connectivity index (χ2v) is 6.63. The summed E-state index contributed by atoms with van der Waals surface area (Å²) in [6.07, 6.45) is 0. The summed E-state index contributed by atoms with van der Waals surface area (Å²) in [7, 11) is 1.62. The zero-order chi connectivity index (χ0) is 18.4. The van der Waals surface area contributed by atoms with E-state index in [1.807, 2.05) is 30.4 Å². The summed E-state index contributed by atoms with van der Waals surface area (Å²) in [5.74, 6) is 0.555. The van der Waals surface area contributed by atoms with E-state index in [0.29, 0.717) is 11.3 Å². The number of benzene rings is 2. The molecule has 0 spiro atoms. The Kier molecular flexibility index (Phi) is 6.73. The number of quaternary nitrogens is 1. The van der Waals surface area contributed by atoms with E-state index < -0.39 is 0 Å². The van der Waals surface area contributed by atoms with Crippen molar-refractivity contribution in [1.29, 1.82) is 0 Å². The molecule has 5 nitrogen and oxygen atoms in total. The first-order valence-electron chi connectivity index (χ1n) is 7.99. The number of hydrogen-bond donors (Lipinski definition) is 2. The number of ketones is 1. The molecule has 132 valence electrons. The molecule has 6 heteroatoms. The first kappa shape index (κ1) is 19.1. The lowest BCUT2D eigenvalue weighted by Gasteiger charge is -2.13. The first-order valence-corrected chi connectivity index (χ1v) is 8.78. The number of Topliss-reactive ketones (excluding diaryl/α,β-unsaturated/α-hetero) is 1. The van der Waals surface area contributed by atoms with Crippen molar-refractivity contribution in [2.45, 2.75) is 19.9 Å². The van der Waals surface area contributed by atoms with Gasteiger partial charge < -0.3 is 15.4 Å². The van der Waals surface area contributed by atoms with Gasteiger partial charge in [-0.05, 0) is 60.1 Å². The van der Waals surface area contributed by atoms with Crippen LogP contribution >= 0.6 is 15.9 Å². The average molecular weight is 406 g/mol. The second kappa shape index (κ2) is 8.78. The molecule has 0 saturated heterocycles. The highest BCUT2D eigenvalue weighted by molar-refractivity contribution is 9.10. The lowest BCUT2D eigenvalue weighted by Crippen LogP contribution is -2.86. The normalized spacial score (nSPS) is 11.7. The van der Waals surface area contributed by atoms with Gasteiger partial charge in [-0.15, -0.1) is 0 Å². The van der Waals surface area contributed by atoms with Gasteiger partial charge in [-0.1, -0.05) is 12.1 Å². The molecule has 2 aromatic rings. The number of carbonyl (C=O) groups is 2. The predicted octanol–water partition coefficient (Wildman–Crippen LogP) is 2.92. The number of nitrogens with two attached hydrogens (primary N) is 1. The van der Waals surface area contributed by atoms with Crippen LogP contribution in [0.3, 0.4) is 0 Å². The molecule has 0 aliphatic rings. The van der Waals surface area contributed by atoms with E-state index in [9.17, 15) is 9.59 Å². The first-order chi connectivity index (χ1) is 11.9. The Hall–Kier alpha value is -2.18. The number of rotatable bonds is 7. The number of nitrogens with one attached hydrogen (secondary N) is 1. The largest absolute Gasteiger partial charge is 0.496 e. The van der Waals surface area contributed by atoms with Crippen molar-refractivity contribution in [2.24, 2.45) is 0 Å². The minimum absolute atomic E-state index is 0.0728. The summed E-state index contributed by atoms with van der Waals surface area (Å²) in [6, 6.07) is 13.0. The van der Waals surface area contributed by atoms with Crippen LogP contribution in [0.1, 0.15) is 35.8 Å². The van der Waals surface area contributed by atoms with Gasteiger partial charge in [0.2, 0.25) is 0 Å². The van der Waals surface area contributed by atoms with Crippen molar-refractivity contribution in [3.8, 4) is 5.75 Å². The molecule has 0 aliphatic heterocycles. The molecule has 0 heterocycles. The topological polar surface area (TPSA) is 72.0 Å². The van der Waals surface area contributed by atoms with Crippen LogP contribution in [0.15, 0.2) is 46.9 Å². The lowest BCUT2D eigenvalue weighted by molar-refractivity contribution is -0.682. The van der Waals surface area contributed by atoms with Crippen LogP contribution in [0.2, 0.25) is 0 Å². The quantitative estimate of drug-likeness (QED) is 0.695. The predicted molar refractivity (Wildman–Crippen MR) is 101 cm³/mol. The zero-order valence-corrected chi connectivity index (χ0v) is 16.1. The smallest absolute Gasteiger partial charge is 0.279 e. The maximum absolute atomic E-state index is 12.2. The van der Waals surface area contributed by atoms with Crippen molar-refractivity contribution >= 4 is 33.3 Å². The van der Waals surface area contributed by atoms with E-state index in [1.165, 1.54) is 6.92 Å². The van der Waals surface area contributed by atoms with Crippen LogP contribution in [0.5, 0.6) is 5.75 Å². The highest BCUT2D eigenvalue weighted by atomic mass is 79.9. The van der Waals surface area contributed by atoms with Gasteiger partial charge in [0.15, 0.2) is 12.3 Å². The van der Waals surface area contributed by atoms with E-state index in [1.54, 1.807) is 31.4 Å². The van der Waals surface area contributed by atoms with Crippen molar-refractivity contribution in [2.75, 3.05) is 19.0 Å². The van der Waals surface area contributed by atoms with E-state index in [-0.39, 0.29) is 24.3 Å². The molecule has 1 atom stereocenters. The zero-order valence-electron chi connectivity index (χ0n) is 14.5. The molecule has 0 saturated carbocycles. The number of methoxy groups -OCH3 is 1. The molecule has 2 aromatic carbocycles. The molecule has 25 heavy (non-hydrogen) atoms. The molecule has 0 radical (unpaired) electrons. The second-order valence-electron chi connectivity index (χ2n) is 5.77. The van der Waals surface area contributed by atoms with Gasteiger partial charge in [-0.25, -0.2) is 0 Å². The van der Waals surface area contributed by atoms with E-state index in [2.05, 4.69) is 21.2 Å². The number of ether oxygens (including phenoxy) is 1. The number of halogens is 1. The summed E-state index contributed by atoms with van der Waals surface area (Å²) in [6.45, 7) is 3.78. The summed E-state index contributed by atoms with van der Waals surface area (Å²) < 4.78 is 6.11. The number of hydrogen-bond acceptors (Lipinski definition) is 3. The van der Waals surface area contributed by atoms with Crippen LogP contribution in [0, 0.1) is 0 Å². The fourth-order valence-corrected chi connectivity index (χ4v) is 3.04. The minimum atomic E-state index is -0.145. The number of anilines is 1. The summed E-state index contributed by atoms with van der Waals surface area (Å²) in [4.78, 5) is 23.8. The lowest BCUT2D eigenvalue weighted by atomic mass is 10.1. The van der Waals surface area contributed by atoms with Gasteiger partial charge in [0, 0.05) is 11.1 Å². The monoisotopic (exact) mass is 405 g/mol. The van der Waals surface area contributed by atoms with E-state index in [4.69, 9.17) is 4.74 Å². The van der Waals surface area contributed by atoms with Crippen molar-refractivity contribution < 1.29 is 19.6 Å². The highest BCUT2D eigenvalue weighted by Crippen LogP contribution is 2.27. The molecule has 1 amide bonds. The fourth-order valence-electron chi connectivity index (χ4n) is 2.49. The molecule has 0 unspecified atom stereocenters. The van der Waals surface area contributed by atoms with Crippen LogP contribution in [0.25, 0.3) is 0 Å². The van der Waals surface area contributed by atoms with Gasteiger partial charge in [0.1, 0.15) is 11.8 Å². The molecule has 0 aliphatic carbocycles. The van der Waals surface area contributed by atoms with Gasteiger partial charge in [0.05, 0.1) is 17.3 Å². The van der Waals surface area contributed by atoms with Gasteiger partial charge in [-0.3, -0.25) is 9.59 Å². The number of carbonyl (C=O) groups excluding carboxylic acids is 2. The molecule has 3 N–H and O–H groups in total. The Morgan fingerprint density at radius 2 is 1.96 bits per heavy atom. The maximum Gasteiger partial charge on any atom is 0.279 e. The molecular weight excluding hydrogens is 384 g/mol. The van der Waals surface area contributed by atoms with Crippen molar-refractivity contribution in [3.05, 3.63) is 58.1 Å². The minimum Gasteiger partial charge on any atom is -0.496 e. The summed E-state index contributed by atoms with van der Waals surface area (Å²) in [5.41, 5.74) is 2.15. The van der Waals surface area contributed by atoms with Crippen LogP contribution in [0.4, 0.5) is 5.69 Å². The van der Waals surface area contributed by atoms with Crippen LogP contribution in [-0.2, 0) is 4.79 Å². The Bertz CT molecular complexity index is 777.